The van der Waals surface area contributed by atoms with E-state index < -0.39 is 41.8 Å². The van der Waals surface area contributed by atoms with Gasteiger partial charge in [0.25, 0.3) is 0 Å². The normalized spacial score (nSPS) is 28.1. The molecule has 4 fully saturated rings. The van der Waals surface area contributed by atoms with Crippen molar-refractivity contribution in [2.75, 3.05) is 33.3 Å². The minimum absolute atomic E-state index is 0.221. The fourth-order valence-corrected chi connectivity index (χ4v) is 6.12. The molecule has 0 unspecified atom stereocenters. The van der Waals surface area contributed by atoms with Gasteiger partial charge in [0, 0.05) is 26.2 Å². The summed E-state index contributed by atoms with van der Waals surface area (Å²) in [7, 11) is 1.31. The summed E-state index contributed by atoms with van der Waals surface area (Å²) in [6.45, 7) is 7.16. The molecule has 206 valence electrons. The van der Waals surface area contributed by atoms with Crippen LogP contribution in [0.25, 0.3) is 0 Å². The molecule has 0 spiro atoms. The van der Waals surface area contributed by atoms with E-state index in [9.17, 15) is 24.0 Å². The highest BCUT2D eigenvalue weighted by Crippen LogP contribution is 2.30. The van der Waals surface area contributed by atoms with Crippen LogP contribution in [0.3, 0.4) is 0 Å². The summed E-state index contributed by atoms with van der Waals surface area (Å²) in [6, 6.07) is -2.55. The van der Waals surface area contributed by atoms with Gasteiger partial charge in [-0.15, -0.1) is 0 Å². The zero-order valence-electron chi connectivity index (χ0n) is 22.4. The number of carbonyl (C=O) groups is 5. The average molecular weight is 521 g/mol. The number of amides is 4. The van der Waals surface area contributed by atoms with Crippen molar-refractivity contribution in [1.82, 2.24) is 19.6 Å². The van der Waals surface area contributed by atoms with Crippen molar-refractivity contribution in [2.45, 2.75) is 102 Å². The van der Waals surface area contributed by atoms with E-state index in [4.69, 9.17) is 9.47 Å². The zero-order valence-corrected chi connectivity index (χ0v) is 22.4. The van der Waals surface area contributed by atoms with Crippen LogP contribution in [0.15, 0.2) is 0 Å². The minimum atomic E-state index is -0.668. The lowest BCUT2D eigenvalue weighted by atomic mass is 10.1. The lowest BCUT2D eigenvalue weighted by Gasteiger charge is -2.35. The van der Waals surface area contributed by atoms with Crippen LogP contribution < -0.4 is 0 Å². The van der Waals surface area contributed by atoms with Crippen molar-refractivity contribution in [3.05, 3.63) is 0 Å². The average Bonchev–Trinajstić information content (AvgIpc) is 3.66. The molecule has 0 aromatic heterocycles. The quantitative estimate of drug-likeness (QED) is 0.516. The van der Waals surface area contributed by atoms with Crippen molar-refractivity contribution in [3.63, 3.8) is 0 Å². The zero-order chi connectivity index (χ0) is 26.9. The van der Waals surface area contributed by atoms with E-state index in [1.807, 2.05) is 0 Å². The van der Waals surface area contributed by atoms with Crippen molar-refractivity contribution < 1.29 is 33.4 Å². The Labute approximate surface area is 218 Å². The number of rotatable bonds is 4. The Morgan fingerprint density at radius 1 is 0.595 bits per heavy atom. The molecule has 11 heteroatoms. The van der Waals surface area contributed by atoms with Crippen LogP contribution >= 0.6 is 0 Å². The Morgan fingerprint density at radius 3 is 1.35 bits per heavy atom. The molecule has 4 amide bonds. The molecule has 0 bridgehead atoms. The number of hydrogen-bond acceptors (Lipinski definition) is 7. The van der Waals surface area contributed by atoms with Crippen LogP contribution in [-0.2, 0) is 28.7 Å². The molecule has 0 N–H and O–H groups in total. The number of hydrogen-bond donors (Lipinski definition) is 0. The molecule has 11 nitrogen and oxygen atoms in total. The summed E-state index contributed by atoms with van der Waals surface area (Å²) in [4.78, 5) is 72.0. The summed E-state index contributed by atoms with van der Waals surface area (Å²) >= 11 is 0. The first-order valence-corrected chi connectivity index (χ1v) is 13.5. The minimum Gasteiger partial charge on any atom is -0.467 e. The second kappa shape index (κ2) is 10.9. The summed E-state index contributed by atoms with van der Waals surface area (Å²) in [5.41, 5.74) is -0.668. The largest absolute Gasteiger partial charge is 0.467 e. The number of likely N-dealkylation sites (tertiary alicyclic amines) is 4. The predicted octanol–water partition coefficient (Wildman–Crippen LogP) is 1.53. The maximum atomic E-state index is 13.7. The molecule has 0 aromatic rings. The van der Waals surface area contributed by atoms with Gasteiger partial charge in [0.1, 0.15) is 29.8 Å². The monoisotopic (exact) mass is 520 g/mol. The second-order valence-corrected chi connectivity index (χ2v) is 11.4. The Balaban J connectivity index is 1.45. The molecule has 4 aliphatic heterocycles. The fourth-order valence-electron chi connectivity index (χ4n) is 6.12. The first-order chi connectivity index (χ1) is 17.5. The molecule has 0 saturated carbocycles. The van der Waals surface area contributed by atoms with Crippen LogP contribution in [-0.4, -0.2) is 112 Å². The third-order valence-corrected chi connectivity index (χ3v) is 7.82. The Morgan fingerprint density at radius 2 is 0.946 bits per heavy atom. The molecule has 0 radical (unpaired) electrons. The van der Waals surface area contributed by atoms with Crippen molar-refractivity contribution in [2.24, 2.45) is 0 Å². The number of ether oxygens (including phenoxy) is 2. The number of nitrogens with zero attached hydrogens (tertiary/aromatic N) is 4. The van der Waals surface area contributed by atoms with Gasteiger partial charge in [-0.25, -0.2) is 9.59 Å². The van der Waals surface area contributed by atoms with E-state index in [1.165, 1.54) is 12.0 Å². The van der Waals surface area contributed by atoms with Gasteiger partial charge in [-0.2, -0.15) is 0 Å². The summed E-state index contributed by atoms with van der Waals surface area (Å²) in [5, 5.41) is 0. The van der Waals surface area contributed by atoms with Crippen molar-refractivity contribution in [3.8, 4) is 0 Å². The van der Waals surface area contributed by atoms with E-state index in [2.05, 4.69) is 0 Å². The van der Waals surface area contributed by atoms with Gasteiger partial charge < -0.3 is 24.2 Å². The van der Waals surface area contributed by atoms with Gasteiger partial charge in [0.2, 0.25) is 17.7 Å². The third-order valence-electron chi connectivity index (χ3n) is 7.82. The topological polar surface area (TPSA) is 117 Å². The van der Waals surface area contributed by atoms with Crippen LogP contribution in [0.1, 0.15) is 72.1 Å². The third kappa shape index (κ3) is 5.55. The van der Waals surface area contributed by atoms with Gasteiger partial charge in [-0.05, 0) is 72.1 Å². The van der Waals surface area contributed by atoms with E-state index in [1.54, 1.807) is 35.5 Å². The Kier molecular flexibility index (Phi) is 7.99. The highest BCUT2D eigenvalue weighted by Gasteiger charge is 2.48. The summed E-state index contributed by atoms with van der Waals surface area (Å²) < 4.78 is 10.4. The summed E-state index contributed by atoms with van der Waals surface area (Å²) in [5.74, 6) is -1.11. The van der Waals surface area contributed by atoms with Crippen LogP contribution in [0.5, 0.6) is 0 Å². The summed E-state index contributed by atoms with van der Waals surface area (Å²) in [6.07, 6.45) is 4.42. The fraction of sp³-hybridized carbons (Fsp3) is 0.808. The van der Waals surface area contributed by atoms with E-state index >= 15 is 0 Å². The van der Waals surface area contributed by atoms with E-state index in [-0.39, 0.29) is 17.7 Å². The molecule has 0 aliphatic carbocycles. The first kappa shape index (κ1) is 27.2. The maximum Gasteiger partial charge on any atom is 0.410 e. The van der Waals surface area contributed by atoms with Crippen molar-refractivity contribution >= 4 is 29.8 Å². The lowest BCUT2D eigenvalue weighted by Crippen LogP contribution is -2.57. The Bertz CT molecular complexity index is 932. The van der Waals surface area contributed by atoms with Gasteiger partial charge in [-0.1, -0.05) is 0 Å². The molecule has 4 rings (SSSR count). The van der Waals surface area contributed by atoms with Crippen molar-refractivity contribution in [1.29, 1.82) is 0 Å². The highest BCUT2D eigenvalue weighted by molar-refractivity contribution is 5.95. The molecule has 4 saturated heterocycles. The van der Waals surface area contributed by atoms with Gasteiger partial charge >= 0.3 is 12.1 Å². The number of carbonyl (C=O) groups excluding carboxylic acids is 5. The molecule has 4 heterocycles. The van der Waals surface area contributed by atoms with Crippen LogP contribution in [0, 0.1) is 0 Å². The standard InChI is InChI=1S/C26H40N4O7/c1-26(2,3)37-25(35)30-16-7-11-19(30)23(33)28-14-5-9-17(28)21(31)27-13-6-10-18(27)22(32)29-15-8-12-20(29)24(34)36-4/h17-20H,5-16H2,1-4H3/t17-,18+,19+,20-/m0/s1. The number of methoxy groups -OCH3 is 1. The van der Waals surface area contributed by atoms with E-state index in [0.29, 0.717) is 77.5 Å². The highest BCUT2D eigenvalue weighted by atomic mass is 16.6. The Hall–Kier alpha value is -2.85. The van der Waals surface area contributed by atoms with Gasteiger partial charge in [0.05, 0.1) is 7.11 Å². The number of esters is 1. The molecule has 4 aliphatic rings. The van der Waals surface area contributed by atoms with E-state index in [0.717, 1.165) is 0 Å². The molecule has 0 aromatic carbocycles. The molecule has 37 heavy (non-hydrogen) atoms. The molecular formula is C26H40N4O7. The van der Waals surface area contributed by atoms with Gasteiger partial charge in [-0.3, -0.25) is 19.3 Å². The van der Waals surface area contributed by atoms with Crippen LogP contribution in [0.4, 0.5) is 4.79 Å². The molecule has 4 atom stereocenters. The smallest absolute Gasteiger partial charge is 0.410 e. The van der Waals surface area contributed by atoms with Crippen LogP contribution in [0.2, 0.25) is 0 Å². The predicted molar refractivity (Wildman–Crippen MR) is 132 cm³/mol. The second-order valence-electron chi connectivity index (χ2n) is 11.4. The van der Waals surface area contributed by atoms with Gasteiger partial charge in [0.15, 0.2) is 0 Å². The SMILES string of the molecule is COC(=O)[C@@H]1CCCN1C(=O)[C@H]1CCCN1C(=O)[C@@H]1CCCN1C(=O)[C@H]1CCCN1C(=O)OC(C)(C)C. The first-order valence-electron chi connectivity index (χ1n) is 13.5. The molecular weight excluding hydrogens is 480 g/mol. The maximum absolute atomic E-state index is 13.7. The lowest BCUT2D eigenvalue weighted by molar-refractivity contribution is -0.155.